The van der Waals surface area contributed by atoms with Crippen LogP contribution in [0.15, 0.2) is 91.0 Å². The van der Waals surface area contributed by atoms with Gasteiger partial charge < -0.3 is 19.7 Å². The van der Waals surface area contributed by atoms with Crippen LogP contribution in [-0.4, -0.2) is 68.3 Å². The van der Waals surface area contributed by atoms with Crippen LogP contribution in [0, 0.1) is 41.5 Å². The molecule has 0 fully saturated rings. The Morgan fingerprint density at radius 3 is 1.63 bits per heavy atom. The molecule has 0 aliphatic carbocycles. The number of aryl methyl sites for hydroxylation is 6. The SMILES string of the molecule is CCOC(=O)c1cc(C)[n+](Cc2ccc(C)cc2)[nH]1.CCOC(=O)c1cc(C)[nH]n1.CCOC(=O)c1cc(C)nn1Cc1ccc(C)cc1.Cc1ccc(CBr)cc1.[K+].[OH-]. The third-order valence-electron chi connectivity index (χ3n) is 8.30. The maximum absolute atomic E-state index is 11.8. The summed E-state index contributed by atoms with van der Waals surface area (Å²) in [5.74, 6) is -1.01. The van der Waals surface area contributed by atoms with Gasteiger partial charge >= 0.3 is 69.3 Å². The maximum Gasteiger partial charge on any atom is 1.00 e. The quantitative estimate of drug-likeness (QED) is 0.0561. The smallest absolute Gasteiger partial charge is 0.870 e. The van der Waals surface area contributed by atoms with Gasteiger partial charge in [-0.25, -0.2) is 14.4 Å². The van der Waals surface area contributed by atoms with E-state index >= 15 is 0 Å². The number of hydrogen-bond acceptors (Lipinski definition) is 9. The summed E-state index contributed by atoms with van der Waals surface area (Å²) < 4.78 is 18.4. The summed E-state index contributed by atoms with van der Waals surface area (Å²) >= 11 is 3.38. The van der Waals surface area contributed by atoms with Gasteiger partial charge in [0.2, 0.25) is 5.69 Å². The molecule has 0 spiro atoms. The van der Waals surface area contributed by atoms with Gasteiger partial charge in [0.1, 0.15) is 5.69 Å². The summed E-state index contributed by atoms with van der Waals surface area (Å²) in [5.41, 5.74) is 11.4. The second kappa shape index (κ2) is 28.3. The maximum atomic E-state index is 11.8. The predicted molar refractivity (Wildman–Crippen MR) is 230 cm³/mol. The van der Waals surface area contributed by atoms with Crippen molar-refractivity contribution in [3.63, 3.8) is 0 Å². The van der Waals surface area contributed by atoms with Crippen LogP contribution in [0.1, 0.15) is 103 Å². The molecule has 6 rings (SSSR count). The Balaban J connectivity index is 0.000000413. The summed E-state index contributed by atoms with van der Waals surface area (Å²) in [4.78, 5) is 34.4. The van der Waals surface area contributed by atoms with Crippen molar-refractivity contribution in [3.05, 3.63) is 159 Å². The number of aromatic nitrogens is 6. The van der Waals surface area contributed by atoms with Crippen LogP contribution in [0.4, 0.5) is 0 Å². The van der Waals surface area contributed by atoms with E-state index in [-0.39, 0.29) is 74.8 Å². The topological polar surface area (TPSA) is 175 Å². The zero-order valence-electron chi connectivity index (χ0n) is 36.5. The van der Waals surface area contributed by atoms with Gasteiger partial charge in [0.05, 0.1) is 32.1 Å². The number of esters is 3. The number of rotatable bonds is 11. The Bertz CT molecular complexity index is 2180. The Labute approximate surface area is 404 Å². The molecule has 60 heavy (non-hydrogen) atoms. The molecule has 3 heterocycles. The minimum Gasteiger partial charge on any atom is -0.870 e. The van der Waals surface area contributed by atoms with Crippen LogP contribution < -0.4 is 56.1 Å². The number of ether oxygens (including phenoxy) is 3. The monoisotopic (exact) mass is 911 g/mol. The van der Waals surface area contributed by atoms with Gasteiger partial charge in [0.15, 0.2) is 17.9 Å². The second-order valence-corrected chi connectivity index (χ2v) is 14.0. The molecule has 6 aromatic rings. The first kappa shape index (κ1) is 53.8. The molecule has 0 aliphatic heterocycles. The van der Waals surface area contributed by atoms with Gasteiger partial charge in [-0.05, 0) is 78.6 Å². The number of hydrogen-bond donors (Lipinski definition) is 2. The summed E-state index contributed by atoms with van der Waals surface area (Å²) in [6.07, 6.45) is 0. The van der Waals surface area contributed by atoms with E-state index in [0.29, 0.717) is 50.0 Å². The van der Waals surface area contributed by atoms with Crippen LogP contribution in [-0.2, 0) is 32.6 Å². The van der Waals surface area contributed by atoms with E-state index in [9.17, 15) is 14.4 Å². The molecule has 15 heteroatoms. The first-order chi connectivity index (χ1) is 27.8. The summed E-state index contributed by atoms with van der Waals surface area (Å²) in [5, 5.41) is 14.8. The third kappa shape index (κ3) is 18.6. The number of carbonyl (C=O) groups is 3. The Morgan fingerprint density at radius 2 is 1.15 bits per heavy atom. The molecule has 0 atom stereocenters. The predicted octanol–water partition coefficient (Wildman–Crippen LogP) is 5.48. The molecule has 3 N–H and O–H groups in total. The fraction of sp³-hybridized carbons (Fsp3) is 0.333. The van der Waals surface area contributed by atoms with E-state index < -0.39 is 0 Å². The minimum absolute atomic E-state index is 0. The largest absolute Gasteiger partial charge is 1.00 e. The molecule has 3 aromatic heterocycles. The van der Waals surface area contributed by atoms with Crippen molar-refractivity contribution in [1.29, 1.82) is 0 Å². The molecular weight excluding hydrogens is 856 g/mol. The van der Waals surface area contributed by atoms with E-state index in [2.05, 4.69) is 111 Å². The van der Waals surface area contributed by atoms with E-state index in [1.807, 2.05) is 50.6 Å². The van der Waals surface area contributed by atoms with Crippen molar-refractivity contribution in [3.8, 4) is 0 Å². The number of aromatic amines is 2. The Hall–Kier alpha value is -4.22. The molecule has 0 radical (unpaired) electrons. The van der Waals surface area contributed by atoms with Gasteiger partial charge in [0, 0.05) is 29.6 Å². The summed E-state index contributed by atoms with van der Waals surface area (Å²) in [6.45, 7) is 19.6. The first-order valence-corrected chi connectivity index (χ1v) is 20.3. The van der Waals surface area contributed by atoms with Crippen molar-refractivity contribution in [1.82, 2.24) is 25.1 Å². The van der Waals surface area contributed by atoms with Gasteiger partial charge in [-0.2, -0.15) is 15.3 Å². The zero-order chi connectivity index (χ0) is 42.6. The Kier molecular flexibility index (Phi) is 25.4. The zero-order valence-corrected chi connectivity index (χ0v) is 41.2. The molecular formula is C45H57BrKN6O7+. The Morgan fingerprint density at radius 1 is 0.667 bits per heavy atom. The van der Waals surface area contributed by atoms with Crippen LogP contribution in [0.5, 0.6) is 0 Å². The third-order valence-corrected chi connectivity index (χ3v) is 8.94. The van der Waals surface area contributed by atoms with Crippen molar-refractivity contribution < 1.29 is 90.1 Å². The van der Waals surface area contributed by atoms with Gasteiger partial charge in [-0.3, -0.25) is 9.78 Å². The number of halogens is 1. The van der Waals surface area contributed by atoms with Crippen LogP contribution in [0.3, 0.4) is 0 Å². The van der Waals surface area contributed by atoms with E-state index in [1.54, 1.807) is 37.6 Å². The number of benzene rings is 3. The molecule has 0 saturated carbocycles. The van der Waals surface area contributed by atoms with E-state index in [4.69, 9.17) is 14.2 Å². The minimum atomic E-state index is -0.378. The molecule has 0 saturated heterocycles. The molecule has 0 aliphatic rings. The fourth-order valence-electron chi connectivity index (χ4n) is 5.21. The van der Waals surface area contributed by atoms with Gasteiger partial charge in [0.25, 0.3) is 0 Å². The average Bonchev–Trinajstić information content (AvgIpc) is 3.92. The van der Waals surface area contributed by atoms with Crippen LogP contribution >= 0.6 is 15.9 Å². The van der Waals surface area contributed by atoms with Crippen molar-refractivity contribution in [2.24, 2.45) is 0 Å². The van der Waals surface area contributed by atoms with Gasteiger partial charge in [-0.1, -0.05) is 105 Å². The number of nitrogens with one attached hydrogen (secondary N) is 2. The number of nitrogens with zero attached hydrogens (tertiary/aromatic N) is 4. The van der Waals surface area contributed by atoms with Gasteiger partial charge in [-0.15, -0.1) is 4.68 Å². The summed E-state index contributed by atoms with van der Waals surface area (Å²) in [7, 11) is 0. The molecule has 0 amide bonds. The number of H-pyrrole nitrogens is 2. The standard InChI is InChI=1S/2C15H18N2O2.C8H9Br.C7H10N2O2.K.H2O/c1-4-19-15(18)14-9-12(3)17(16-14)10-13-7-5-11(2)6-8-13;1-4-19-15(18)14-9-12(3)16-17(14)10-13-7-5-11(2)6-8-13;1-7-2-4-8(6-9)5-3-7;1-3-11-7(10)6-4-5(2)8-9-6;;/h2*5-9H,4,10H2,1-3H3;2-5H,6H2,1H3;4H,3H2,1-2H3,(H,8,9);;1H2/q;;;;+1;. The second-order valence-electron chi connectivity index (χ2n) is 13.4. The molecule has 0 bridgehead atoms. The average molecular weight is 913 g/mol. The fourth-order valence-corrected chi connectivity index (χ4v) is 5.59. The normalized spacial score (nSPS) is 9.83. The molecule has 3 aromatic carbocycles. The molecule has 316 valence electrons. The van der Waals surface area contributed by atoms with Crippen LogP contribution in [0.25, 0.3) is 0 Å². The summed E-state index contributed by atoms with van der Waals surface area (Å²) in [6, 6.07) is 30.3. The molecule has 0 unspecified atom stereocenters. The molecule has 13 nitrogen and oxygen atoms in total. The van der Waals surface area contributed by atoms with E-state index in [0.717, 1.165) is 28.0 Å². The number of carbonyl (C=O) groups excluding carboxylic acids is 3. The van der Waals surface area contributed by atoms with E-state index in [1.165, 1.54) is 27.8 Å². The number of alkyl halides is 1. The van der Waals surface area contributed by atoms with Crippen molar-refractivity contribution >= 4 is 33.8 Å². The first-order valence-electron chi connectivity index (χ1n) is 19.2. The van der Waals surface area contributed by atoms with Crippen LogP contribution in [0.2, 0.25) is 0 Å². The van der Waals surface area contributed by atoms with Crippen molar-refractivity contribution in [2.75, 3.05) is 19.8 Å². The van der Waals surface area contributed by atoms with Crippen molar-refractivity contribution in [2.45, 2.75) is 80.7 Å².